The van der Waals surface area contributed by atoms with Crippen LogP contribution < -0.4 is 0 Å². The Kier molecular flexibility index (Phi) is 6.32. The minimum absolute atomic E-state index is 0.0278. The predicted molar refractivity (Wildman–Crippen MR) is 60.2 cm³/mol. The molecule has 0 unspecified atom stereocenters. The van der Waals surface area contributed by atoms with Crippen molar-refractivity contribution in [3.8, 4) is 0 Å². The van der Waals surface area contributed by atoms with E-state index >= 15 is 0 Å². The highest BCUT2D eigenvalue weighted by Gasteiger charge is 2.18. The first-order valence-electron chi connectivity index (χ1n) is 4.98. The average molecular weight is 241 g/mol. The monoisotopic (exact) mass is 241 g/mol. The molecule has 1 rings (SSSR count). The van der Waals surface area contributed by atoms with Crippen molar-refractivity contribution in [1.29, 1.82) is 0 Å². The molecule has 0 amide bonds. The van der Waals surface area contributed by atoms with Crippen molar-refractivity contribution < 1.29 is 23.9 Å². The maximum Gasteiger partial charge on any atom is 0.355 e. The van der Waals surface area contributed by atoms with E-state index in [1.54, 1.807) is 0 Å². The zero-order valence-corrected chi connectivity index (χ0v) is 10.2. The third-order valence-corrected chi connectivity index (χ3v) is 1.77. The van der Waals surface area contributed by atoms with Crippen molar-refractivity contribution in [3.63, 3.8) is 0 Å². The number of aromatic amines is 1. The van der Waals surface area contributed by atoms with Crippen LogP contribution in [0.3, 0.4) is 0 Å². The van der Waals surface area contributed by atoms with Gasteiger partial charge in [-0.05, 0) is 6.07 Å². The summed E-state index contributed by atoms with van der Waals surface area (Å²) in [5, 5.41) is 0. The van der Waals surface area contributed by atoms with Gasteiger partial charge in [-0.15, -0.1) is 0 Å². The Labute approximate surface area is 98.9 Å². The third kappa shape index (κ3) is 3.44. The summed E-state index contributed by atoms with van der Waals surface area (Å²) < 4.78 is 8.85. The third-order valence-electron chi connectivity index (χ3n) is 1.77. The van der Waals surface area contributed by atoms with Crippen LogP contribution >= 0.6 is 0 Å². The zero-order chi connectivity index (χ0) is 13.4. The standard InChI is InChI=1S/C9H9NO5.C2H6/c1-14-8(12)6-3-5(4-11)7(10-6)9(13)15-2;1-2/h3-4,10H,1-2H3;1-2H3. The van der Waals surface area contributed by atoms with Gasteiger partial charge in [-0.3, -0.25) is 4.79 Å². The number of H-pyrrole nitrogens is 1. The maximum atomic E-state index is 11.2. The second-order valence-corrected chi connectivity index (χ2v) is 2.61. The van der Waals surface area contributed by atoms with E-state index in [1.807, 2.05) is 13.8 Å². The minimum atomic E-state index is -0.716. The molecular weight excluding hydrogens is 226 g/mol. The summed E-state index contributed by atoms with van der Waals surface area (Å²) in [4.78, 5) is 35.3. The highest BCUT2D eigenvalue weighted by molar-refractivity contribution is 6.00. The molecule has 1 N–H and O–H groups in total. The van der Waals surface area contributed by atoms with Gasteiger partial charge in [-0.2, -0.15) is 0 Å². The lowest BCUT2D eigenvalue weighted by atomic mass is 10.2. The Balaban J connectivity index is 0.00000121. The fourth-order valence-electron chi connectivity index (χ4n) is 1.05. The van der Waals surface area contributed by atoms with Crippen molar-refractivity contribution in [2.45, 2.75) is 13.8 Å². The van der Waals surface area contributed by atoms with Crippen LogP contribution in [0.2, 0.25) is 0 Å². The summed E-state index contributed by atoms with van der Waals surface area (Å²) in [6.45, 7) is 4.00. The van der Waals surface area contributed by atoms with Gasteiger partial charge in [0.05, 0.1) is 14.2 Å². The Bertz CT molecular complexity index is 408. The van der Waals surface area contributed by atoms with Gasteiger partial charge in [-0.1, -0.05) is 13.8 Å². The number of esters is 2. The van der Waals surface area contributed by atoms with E-state index in [4.69, 9.17) is 0 Å². The van der Waals surface area contributed by atoms with Gasteiger partial charge in [0, 0.05) is 5.56 Å². The molecule has 0 aliphatic rings. The van der Waals surface area contributed by atoms with E-state index < -0.39 is 11.9 Å². The molecule has 0 aliphatic carbocycles. The first-order chi connectivity index (χ1) is 8.13. The van der Waals surface area contributed by atoms with Crippen LogP contribution in [0.4, 0.5) is 0 Å². The first kappa shape index (κ1) is 14.9. The molecule has 1 aromatic rings. The van der Waals surface area contributed by atoms with Gasteiger partial charge in [0.25, 0.3) is 0 Å². The van der Waals surface area contributed by atoms with Crippen LogP contribution in [0.15, 0.2) is 6.07 Å². The quantitative estimate of drug-likeness (QED) is 0.639. The lowest BCUT2D eigenvalue weighted by Crippen LogP contribution is -2.06. The minimum Gasteiger partial charge on any atom is -0.464 e. The molecule has 0 fully saturated rings. The topological polar surface area (TPSA) is 85.5 Å². The molecule has 0 spiro atoms. The van der Waals surface area contributed by atoms with Gasteiger partial charge in [-0.25, -0.2) is 9.59 Å². The molecule has 0 saturated heterocycles. The molecule has 0 radical (unpaired) electrons. The molecule has 6 nitrogen and oxygen atoms in total. The molecule has 0 saturated carbocycles. The molecule has 1 heterocycles. The summed E-state index contributed by atoms with van der Waals surface area (Å²) in [6, 6.07) is 1.23. The molecule has 1 aromatic heterocycles. The molecular formula is C11H15NO5. The number of aldehydes is 1. The summed E-state index contributed by atoms with van der Waals surface area (Å²) in [7, 11) is 2.37. The van der Waals surface area contributed by atoms with Crippen molar-refractivity contribution in [2.24, 2.45) is 0 Å². The Morgan fingerprint density at radius 1 is 1.18 bits per heavy atom. The van der Waals surface area contributed by atoms with Crippen molar-refractivity contribution in [3.05, 3.63) is 23.0 Å². The molecule has 0 aliphatic heterocycles. The second kappa shape index (κ2) is 7.21. The first-order valence-corrected chi connectivity index (χ1v) is 4.98. The lowest BCUT2D eigenvalue weighted by molar-refractivity contribution is 0.0588. The largest absolute Gasteiger partial charge is 0.464 e. The van der Waals surface area contributed by atoms with Gasteiger partial charge in [0.15, 0.2) is 6.29 Å². The number of carbonyl (C=O) groups excluding carboxylic acids is 3. The maximum absolute atomic E-state index is 11.2. The fraction of sp³-hybridized carbons (Fsp3) is 0.364. The summed E-state index contributed by atoms with van der Waals surface area (Å²) >= 11 is 0. The van der Waals surface area contributed by atoms with Crippen LogP contribution in [-0.4, -0.2) is 37.4 Å². The number of nitrogens with one attached hydrogen (secondary N) is 1. The summed E-state index contributed by atoms with van der Waals surface area (Å²) in [6.07, 6.45) is 0.454. The van der Waals surface area contributed by atoms with Crippen molar-refractivity contribution in [2.75, 3.05) is 14.2 Å². The zero-order valence-electron chi connectivity index (χ0n) is 10.2. The number of hydrogen-bond donors (Lipinski definition) is 1. The highest BCUT2D eigenvalue weighted by atomic mass is 16.5. The second-order valence-electron chi connectivity index (χ2n) is 2.61. The molecule has 94 valence electrons. The molecule has 0 atom stereocenters. The van der Waals surface area contributed by atoms with Crippen molar-refractivity contribution >= 4 is 18.2 Å². The van der Waals surface area contributed by atoms with Gasteiger partial charge < -0.3 is 14.5 Å². The Hall–Kier alpha value is -2.11. The highest BCUT2D eigenvalue weighted by Crippen LogP contribution is 2.10. The Morgan fingerprint density at radius 2 is 1.71 bits per heavy atom. The number of methoxy groups -OCH3 is 2. The van der Waals surface area contributed by atoms with Crippen LogP contribution in [0.25, 0.3) is 0 Å². The number of aromatic nitrogens is 1. The lowest BCUT2D eigenvalue weighted by Gasteiger charge is -1.96. The van der Waals surface area contributed by atoms with E-state index in [1.165, 1.54) is 20.3 Å². The molecule has 17 heavy (non-hydrogen) atoms. The number of carbonyl (C=O) groups is 3. The summed E-state index contributed by atoms with van der Waals surface area (Å²) in [5.74, 6) is -1.37. The number of ether oxygens (including phenoxy) is 2. The van der Waals surface area contributed by atoms with E-state index in [9.17, 15) is 14.4 Å². The number of rotatable bonds is 3. The van der Waals surface area contributed by atoms with E-state index in [-0.39, 0.29) is 17.0 Å². The van der Waals surface area contributed by atoms with Crippen LogP contribution in [0, 0.1) is 0 Å². The normalized spacial score (nSPS) is 8.71. The number of hydrogen-bond acceptors (Lipinski definition) is 5. The smallest absolute Gasteiger partial charge is 0.355 e. The van der Waals surface area contributed by atoms with Crippen LogP contribution in [0.5, 0.6) is 0 Å². The van der Waals surface area contributed by atoms with Gasteiger partial charge in [0.2, 0.25) is 0 Å². The summed E-state index contributed by atoms with van der Waals surface area (Å²) in [5.41, 5.74) is 0.0233. The predicted octanol–water partition coefficient (Wildman–Crippen LogP) is 1.43. The average Bonchev–Trinajstić information content (AvgIpc) is 2.83. The van der Waals surface area contributed by atoms with E-state index in [2.05, 4.69) is 14.5 Å². The van der Waals surface area contributed by atoms with Gasteiger partial charge in [0.1, 0.15) is 11.4 Å². The molecule has 6 heteroatoms. The van der Waals surface area contributed by atoms with Crippen molar-refractivity contribution in [1.82, 2.24) is 4.98 Å². The van der Waals surface area contributed by atoms with E-state index in [0.29, 0.717) is 6.29 Å². The SMILES string of the molecule is CC.COC(=O)c1cc(C=O)c(C(=O)OC)[nH]1. The fourth-order valence-corrected chi connectivity index (χ4v) is 1.05. The van der Waals surface area contributed by atoms with Crippen LogP contribution in [-0.2, 0) is 9.47 Å². The van der Waals surface area contributed by atoms with Gasteiger partial charge >= 0.3 is 11.9 Å². The molecule has 0 aromatic carbocycles. The van der Waals surface area contributed by atoms with Crippen LogP contribution in [0.1, 0.15) is 45.2 Å². The molecule has 0 bridgehead atoms. The Morgan fingerprint density at radius 3 is 2.12 bits per heavy atom. The van der Waals surface area contributed by atoms with E-state index in [0.717, 1.165) is 0 Å².